The fourth-order valence-electron chi connectivity index (χ4n) is 1.50. The third-order valence-electron chi connectivity index (χ3n) is 2.50. The fraction of sp³-hybridized carbons (Fsp3) is 0.143. The Morgan fingerprint density at radius 1 is 1.00 bits per heavy atom. The molecule has 0 aliphatic carbocycles. The van der Waals surface area contributed by atoms with Crippen molar-refractivity contribution in [2.24, 2.45) is 0 Å². The van der Waals surface area contributed by atoms with E-state index in [1.165, 1.54) is 12.1 Å². The maximum absolute atomic E-state index is 9.89. The summed E-state index contributed by atoms with van der Waals surface area (Å²) in [4.78, 5) is 0. The van der Waals surface area contributed by atoms with Gasteiger partial charge in [-0.3, -0.25) is 0 Å². The van der Waals surface area contributed by atoms with Gasteiger partial charge in [-0.2, -0.15) is 0 Å². The van der Waals surface area contributed by atoms with E-state index >= 15 is 0 Å². The van der Waals surface area contributed by atoms with Crippen molar-refractivity contribution in [1.29, 1.82) is 0 Å². The van der Waals surface area contributed by atoms with Crippen LogP contribution < -0.4 is 4.74 Å². The predicted molar refractivity (Wildman–Crippen MR) is 70.0 cm³/mol. The van der Waals surface area contributed by atoms with Crippen molar-refractivity contribution in [3.63, 3.8) is 0 Å². The van der Waals surface area contributed by atoms with Gasteiger partial charge in [-0.05, 0) is 42.0 Å². The number of benzene rings is 2. The van der Waals surface area contributed by atoms with Crippen LogP contribution in [0, 0.1) is 0 Å². The molecule has 0 saturated heterocycles. The van der Waals surface area contributed by atoms with Gasteiger partial charge in [0, 0.05) is 5.02 Å². The maximum Gasteiger partial charge on any atom is 0.119 e. The van der Waals surface area contributed by atoms with Crippen molar-refractivity contribution in [3.8, 4) is 11.5 Å². The van der Waals surface area contributed by atoms with E-state index in [-0.39, 0.29) is 12.4 Å². The van der Waals surface area contributed by atoms with Crippen molar-refractivity contribution in [2.45, 2.75) is 6.10 Å². The molecule has 1 unspecified atom stereocenters. The lowest BCUT2D eigenvalue weighted by atomic mass is 10.1. The zero-order valence-electron chi connectivity index (χ0n) is 9.58. The van der Waals surface area contributed by atoms with Crippen molar-refractivity contribution in [1.82, 2.24) is 0 Å². The zero-order valence-corrected chi connectivity index (χ0v) is 10.3. The van der Waals surface area contributed by atoms with E-state index < -0.39 is 6.10 Å². The number of hydrogen-bond donors (Lipinski definition) is 2. The van der Waals surface area contributed by atoms with Gasteiger partial charge in [-0.25, -0.2) is 0 Å². The number of phenolic OH excluding ortho intramolecular Hbond substituents is 1. The number of ether oxygens (including phenoxy) is 1. The molecule has 0 aromatic heterocycles. The molecule has 2 N–H and O–H groups in total. The second kappa shape index (κ2) is 5.76. The number of aromatic hydroxyl groups is 1. The number of hydrogen-bond acceptors (Lipinski definition) is 3. The highest BCUT2D eigenvalue weighted by Crippen LogP contribution is 2.20. The summed E-state index contributed by atoms with van der Waals surface area (Å²) in [5.74, 6) is 0.821. The molecule has 0 spiro atoms. The second-order valence-electron chi connectivity index (χ2n) is 3.87. The highest BCUT2D eigenvalue weighted by atomic mass is 35.5. The largest absolute Gasteiger partial charge is 0.508 e. The molecule has 18 heavy (non-hydrogen) atoms. The molecule has 0 aliphatic rings. The Morgan fingerprint density at radius 3 is 2.22 bits per heavy atom. The van der Waals surface area contributed by atoms with E-state index in [9.17, 15) is 5.11 Å². The highest BCUT2D eigenvalue weighted by molar-refractivity contribution is 6.30. The molecule has 0 radical (unpaired) electrons. The summed E-state index contributed by atoms with van der Waals surface area (Å²) in [6.45, 7) is 0.145. The summed E-state index contributed by atoms with van der Waals surface area (Å²) in [6.07, 6.45) is -0.735. The Kier molecular flexibility index (Phi) is 4.07. The first kappa shape index (κ1) is 12.7. The predicted octanol–water partition coefficient (Wildman–Crippen LogP) is 3.16. The second-order valence-corrected chi connectivity index (χ2v) is 4.31. The lowest BCUT2D eigenvalue weighted by Gasteiger charge is -2.12. The Bertz CT molecular complexity index is 493. The normalized spacial score (nSPS) is 12.1. The average molecular weight is 265 g/mol. The first-order valence-electron chi connectivity index (χ1n) is 5.50. The molecule has 0 amide bonds. The molecule has 0 saturated carbocycles. The Balaban J connectivity index is 1.93. The van der Waals surface area contributed by atoms with Gasteiger partial charge < -0.3 is 14.9 Å². The zero-order chi connectivity index (χ0) is 13.0. The van der Waals surface area contributed by atoms with E-state index in [2.05, 4.69) is 0 Å². The summed E-state index contributed by atoms with van der Waals surface area (Å²) in [5, 5.41) is 19.7. The van der Waals surface area contributed by atoms with Gasteiger partial charge in [0.15, 0.2) is 0 Å². The summed E-state index contributed by atoms with van der Waals surface area (Å²) >= 11 is 5.76. The van der Waals surface area contributed by atoms with Crippen LogP contribution in [0.25, 0.3) is 0 Å². The topological polar surface area (TPSA) is 49.7 Å². The Labute approximate surface area is 110 Å². The van der Waals surface area contributed by atoms with Crippen molar-refractivity contribution < 1.29 is 14.9 Å². The smallest absolute Gasteiger partial charge is 0.119 e. The fourth-order valence-corrected chi connectivity index (χ4v) is 1.62. The van der Waals surface area contributed by atoms with E-state index in [0.717, 1.165) is 0 Å². The quantitative estimate of drug-likeness (QED) is 0.892. The highest BCUT2D eigenvalue weighted by Gasteiger charge is 2.08. The van der Waals surface area contributed by atoms with Gasteiger partial charge in [-0.15, -0.1) is 0 Å². The van der Waals surface area contributed by atoms with E-state index in [4.69, 9.17) is 21.4 Å². The molecule has 0 heterocycles. The molecule has 2 rings (SSSR count). The van der Waals surface area contributed by atoms with Crippen LogP contribution in [0.4, 0.5) is 0 Å². The molecule has 94 valence electrons. The lowest BCUT2D eigenvalue weighted by Crippen LogP contribution is -2.09. The minimum Gasteiger partial charge on any atom is -0.508 e. The first-order chi connectivity index (χ1) is 8.65. The van der Waals surface area contributed by atoms with Crippen LogP contribution in [-0.2, 0) is 0 Å². The third kappa shape index (κ3) is 3.39. The standard InChI is InChI=1S/C14H13ClO3/c15-11-3-7-13(8-4-11)18-9-14(17)10-1-5-12(16)6-2-10/h1-8,14,16-17H,9H2. The van der Waals surface area contributed by atoms with Crippen molar-refractivity contribution in [2.75, 3.05) is 6.61 Å². The Hall–Kier alpha value is -1.71. The van der Waals surface area contributed by atoms with Crippen LogP contribution in [0.3, 0.4) is 0 Å². The number of aliphatic hydroxyl groups is 1. The first-order valence-corrected chi connectivity index (χ1v) is 5.88. The van der Waals surface area contributed by atoms with Crippen LogP contribution in [-0.4, -0.2) is 16.8 Å². The van der Waals surface area contributed by atoms with Crippen LogP contribution >= 0.6 is 11.6 Å². The minimum atomic E-state index is -0.735. The average Bonchev–Trinajstić information content (AvgIpc) is 2.38. The lowest BCUT2D eigenvalue weighted by molar-refractivity contribution is 0.108. The van der Waals surface area contributed by atoms with Gasteiger partial charge in [0.25, 0.3) is 0 Å². The van der Waals surface area contributed by atoms with Gasteiger partial charge in [0.2, 0.25) is 0 Å². The summed E-state index contributed by atoms with van der Waals surface area (Å²) in [6, 6.07) is 13.3. The van der Waals surface area contributed by atoms with Crippen molar-refractivity contribution >= 4 is 11.6 Å². The maximum atomic E-state index is 9.89. The van der Waals surface area contributed by atoms with Gasteiger partial charge in [0.1, 0.15) is 24.2 Å². The molecule has 0 fully saturated rings. The van der Waals surface area contributed by atoms with Gasteiger partial charge in [0.05, 0.1) is 0 Å². The summed E-state index contributed by atoms with van der Waals surface area (Å²) < 4.78 is 5.44. The molecular formula is C14H13ClO3. The molecular weight excluding hydrogens is 252 g/mol. The van der Waals surface area contributed by atoms with Gasteiger partial charge >= 0.3 is 0 Å². The van der Waals surface area contributed by atoms with Gasteiger partial charge in [-0.1, -0.05) is 23.7 Å². The number of aliphatic hydroxyl groups excluding tert-OH is 1. The molecule has 2 aromatic rings. The van der Waals surface area contributed by atoms with E-state index in [1.807, 2.05) is 0 Å². The third-order valence-corrected chi connectivity index (χ3v) is 2.75. The monoisotopic (exact) mass is 264 g/mol. The molecule has 2 aromatic carbocycles. The Morgan fingerprint density at radius 2 is 1.61 bits per heavy atom. The van der Waals surface area contributed by atoms with Crippen LogP contribution in [0.5, 0.6) is 11.5 Å². The molecule has 1 atom stereocenters. The number of rotatable bonds is 4. The molecule has 0 aliphatic heterocycles. The van der Waals surface area contributed by atoms with Crippen molar-refractivity contribution in [3.05, 3.63) is 59.1 Å². The summed E-state index contributed by atoms with van der Waals surface area (Å²) in [7, 11) is 0. The minimum absolute atomic E-state index is 0.145. The molecule has 3 nitrogen and oxygen atoms in total. The van der Waals surface area contributed by atoms with Crippen LogP contribution in [0.1, 0.15) is 11.7 Å². The summed E-state index contributed by atoms with van der Waals surface area (Å²) in [5.41, 5.74) is 0.696. The molecule has 4 heteroatoms. The van der Waals surface area contributed by atoms with Crippen LogP contribution in [0.2, 0.25) is 5.02 Å². The number of halogens is 1. The van der Waals surface area contributed by atoms with E-state index in [0.29, 0.717) is 16.3 Å². The van der Waals surface area contributed by atoms with E-state index in [1.54, 1.807) is 36.4 Å². The SMILES string of the molecule is Oc1ccc(C(O)COc2ccc(Cl)cc2)cc1. The molecule has 0 bridgehead atoms. The number of phenols is 1. The van der Waals surface area contributed by atoms with Crippen LogP contribution in [0.15, 0.2) is 48.5 Å².